The van der Waals surface area contributed by atoms with Crippen molar-refractivity contribution in [2.45, 2.75) is 51.7 Å². The van der Waals surface area contributed by atoms with E-state index < -0.39 is 5.54 Å². The van der Waals surface area contributed by atoms with Crippen molar-refractivity contribution in [3.8, 4) is 0 Å². The SMILES string of the molecule is CC(C)(N)C(=O)NCc1ccc(CN2CCCCC2)cc1.Cl.Cl. The zero-order chi connectivity index (χ0) is 15.3. The van der Waals surface area contributed by atoms with Crippen LogP contribution in [0.1, 0.15) is 44.2 Å². The Balaban J connectivity index is 0.00000242. The molecule has 0 radical (unpaired) electrons. The second kappa shape index (κ2) is 10.1. The van der Waals surface area contributed by atoms with Crippen LogP contribution in [0.3, 0.4) is 0 Å². The predicted octanol–water partition coefficient (Wildman–Crippen LogP) is 2.87. The van der Waals surface area contributed by atoms with Gasteiger partial charge in [-0.1, -0.05) is 30.7 Å². The average Bonchev–Trinajstić information content (AvgIpc) is 2.46. The van der Waals surface area contributed by atoms with E-state index in [1.807, 2.05) is 0 Å². The Bertz CT molecular complexity index is 466. The zero-order valence-corrected chi connectivity index (χ0v) is 15.6. The van der Waals surface area contributed by atoms with Crippen molar-refractivity contribution in [1.29, 1.82) is 0 Å². The van der Waals surface area contributed by atoms with Gasteiger partial charge in [-0.25, -0.2) is 0 Å². The van der Waals surface area contributed by atoms with Crippen LogP contribution in [0.4, 0.5) is 0 Å². The van der Waals surface area contributed by atoms with Gasteiger partial charge in [-0.3, -0.25) is 9.69 Å². The maximum atomic E-state index is 11.7. The number of piperidine rings is 1. The third kappa shape index (κ3) is 7.53. The predicted molar refractivity (Wildman–Crippen MR) is 100 cm³/mol. The quantitative estimate of drug-likeness (QED) is 0.847. The largest absolute Gasteiger partial charge is 0.350 e. The lowest BCUT2D eigenvalue weighted by Gasteiger charge is -2.26. The zero-order valence-electron chi connectivity index (χ0n) is 14.0. The summed E-state index contributed by atoms with van der Waals surface area (Å²) in [5.74, 6) is -0.125. The van der Waals surface area contributed by atoms with E-state index in [-0.39, 0.29) is 30.7 Å². The number of nitrogens with two attached hydrogens (primary N) is 1. The smallest absolute Gasteiger partial charge is 0.239 e. The molecule has 1 aliphatic heterocycles. The monoisotopic (exact) mass is 361 g/mol. The minimum absolute atomic E-state index is 0. The van der Waals surface area contributed by atoms with Crippen molar-refractivity contribution in [3.63, 3.8) is 0 Å². The van der Waals surface area contributed by atoms with E-state index in [9.17, 15) is 4.79 Å². The maximum Gasteiger partial charge on any atom is 0.239 e. The first-order valence-corrected chi connectivity index (χ1v) is 7.82. The summed E-state index contributed by atoms with van der Waals surface area (Å²) in [6.45, 7) is 7.41. The number of likely N-dealkylation sites (tertiary alicyclic amines) is 1. The van der Waals surface area contributed by atoms with Crippen LogP contribution in [0.5, 0.6) is 0 Å². The fourth-order valence-electron chi connectivity index (χ4n) is 2.55. The third-order valence-electron chi connectivity index (χ3n) is 3.92. The van der Waals surface area contributed by atoms with Gasteiger partial charge in [0.2, 0.25) is 5.91 Å². The van der Waals surface area contributed by atoms with Gasteiger partial charge in [0.25, 0.3) is 0 Å². The first-order chi connectivity index (χ1) is 9.95. The molecule has 4 nitrogen and oxygen atoms in total. The Morgan fingerprint density at radius 3 is 2.13 bits per heavy atom. The lowest BCUT2D eigenvalue weighted by Crippen LogP contribution is -2.48. The summed E-state index contributed by atoms with van der Waals surface area (Å²) in [5.41, 5.74) is 7.37. The van der Waals surface area contributed by atoms with E-state index in [0.29, 0.717) is 6.54 Å². The van der Waals surface area contributed by atoms with E-state index in [2.05, 4.69) is 34.5 Å². The van der Waals surface area contributed by atoms with E-state index in [0.717, 1.165) is 12.1 Å². The summed E-state index contributed by atoms with van der Waals surface area (Å²) in [5, 5.41) is 2.87. The number of hydrogen-bond acceptors (Lipinski definition) is 3. The molecule has 132 valence electrons. The third-order valence-corrected chi connectivity index (χ3v) is 3.92. The van der Waals surface area contributed by atoms with E-state index in [4.69, 9.17) is 5.73 Å². The molecule has 0 aliphatic carbocycles. The van der Waals surface area contributed by atoms with Gasteiger partial charge < -0.3 is 11.1 Å². The standard InChI is InChI=1S/C17H27N3O.2ClH/c1-17(2,18)16(21)19-12-14-6-8-15(9-7-14)13-20-10-4-3-5-11-20;;/h6-9H,3-5,10-13,18H2,1-2H3,(H,19,21);2*1H. The molecule has 1 aromatic rings. The summed E-state index contributed by atoms with van der Waals surface area (Å²) in [7, 11) is 0. The maximum absolute atomic E-state index is 11.7. The molecule has 1 heterocycles. The second-order valence-electron chi connectivity index (χ2n) is 6.56. The van der Waals surface area contributed by atoms with Gasteiger partial charge in [-0.15, -0.1) is 24.8 Å². The van der Waals surface area contributed by atoms with Crippen molar-refractivity contribution in [2.24, 2.45) is 5.73 Å². The highest BCUT2D eigenvalue weighted by molar-refractivity contribution is 5.85. The molecular formula is C17H29Cl2N3O. The van der Waals surface area contributed by atoms with Crippen LogP contribution >= 0.6 is 24.8 Å². The van der Waals surface area contributed by atoms with Gasteiger partial charge in [0.15, 0.2) is 0 Å². The molecule has 0 aromatic heterocycles. The molecule has 3 N–H and O–H groups in total. The summed E-state index contributed by atoms with van der Waals surface area (Å²) in [6, 6.07) is 8.49. The Hall–Kier alpha value is -0.810. The number of hydrogen-bond donors (Lipinski definition) is 2. The number of nitrogens with zero attached hydrogens (tertiary/aromatic N) is 1. The number of halogens is 2. The molecule has 0 bridgehead atoms. The molecule has 1 saturated heterocycles. The molecule has 23 heavy (non-hydrogen) atoms. The Kier molecular flexibility index (Phi) is 9.78. The van der Waals surface area contributed by atoms with Gasteiger partial charge in [0, 0.05) is 13.1 Å². The molecule has 6 heteroatoms. The van der Waals surface area contributed by atoms with Crippen molar-refractivity contribution >= 4 is 30.7 Å². The fraction of sp³-hybridized carbons (Fsp3) is 0.588. The minimum Gasteiger partial charge on any atom is -0.350 e. The molecule has 1 fully saturated rings. The van der Waals surface area contributed by atoms with Gasteiger partial charge in [0.05, 0.1) is 5.54 Å². The highest BCUT2D eigenvalue weighted by Gasteiger charge is 2.21. The van der Waals surface area contributed by atoms with Gasteiger partial charge in [0.1, 0.15) is 0 Å². The molecule has 0 saturated carbocycles. The summed E-state index contributed by atoms with van der Waals surface area (Å²) < 4.78 is 0. The summed E-state index contributed by atoms with van der Waals surface area (Å²) in [4.78, 5) is 14.2. The van der Waals surface area contributed by atoms with Crippen LogP contribution < -0.4 is 11.1 Å². The van der Waals surface area contributed by atoms with Crippen molar-refractivity contribution < 1.29 is 4.79 Å². The highest BCUT2D eigenvalue weighted by atomic mass is 35.5. The fourth-order valence-corrected chi connectivity index (χ4v) is 2.55. The van der Waals surface area contributed by atoms with E-state index in [1.165, 1.54) is 37.9 Å². The summed E-state index contributed by atoms with van der Waals surface area (Å²) in [6.07, 6.45) is 4.00. The van der Waals surface area contributed by atoms with Crippen LogP contribution in [0.15, 0.2) is 24.3 Å². The Morgan fingerprint density at radius 2 is 1.61 bits per heavy atom. The number of benzene rings is 1. The number of rotatable bonds is 5. The average molecular weight is 362 g/mol. The number of carbonyl (C=O) groups excluding carboxylic acids is 1. The lowest BCUT2D eigenvalue weighted by molar-refractivity contribution is -0.125. The van der Waals surface area contributed by atoms with Crippen LogP contribution in [-0.2, 0) is 17.9 Å². The van der Waals surface area contributed by atoms with Gasteiger partial charge >= 0.3 is 0 Å². The number of amides is 1. The number of carbonyl (C=O) groups is 1. The van der Waals surface area contributed by atoms with Crippen LogP contribution in [0, 0.1) is 0 Å². The van der Waals surface area contributed by atoms with Crippen LogP contribution in [0.2, 0.25) is 0 Å². The topological polar surface area (TPSA) is 58.4 Å². The van der Waals surface area contributed by atoms with Crippen LogP contribution in [-0.4, -0.2) is 29.4 Å². The van der Waals surface area contributed by atoms with Gasteiger partial charge in [-0.05, 0) is 50.9 Å². The molecule has 1 aromatic carbocycles. The lowest BCUT2D eigenvalue weighted by atomic mass is 10.1. The van der Waals surface area contributed by atoms with Crippen molar-refractivity contribution in [2.75, 3.05) is 13.1 Å². The molecular weight excluding hydrogens is 333 g/mol. The summed E-state index contributed by atoms with van der Waals surface area (Å²) >= 11 is 0. The second-order valence-corrected chi connectivity index (χ2v) is 6.56. The first kappa shape index (κ1) is 22.2. The highest BCUT2D eigenvalue weighted by Crippen LogP contribution is 2.13. The minimum atomic E-state index is -0.825. The molecule has 0 unspecified atom stereocenters. The Labute approximate surface area is 152 Å². The molecule has 0 spiro atoms. The van der Waals surface area contributed by atoms with Crippen LogP contribution in [0.25, 0.3) is 0 Å². The molecule has 2 rings (SSSR count). The van der Waals surface area contributed by atoms with Crippen molar-refractivity contribution in [3.05, 3.63) is 35.4 Å². The first-order valence-electron chi connectivity index (χ1n) is 7.82. The van der Waals surface area contributed by atoms with Gasteiger partial charge in [-0.2, -0.15) is 0 Å². The Morgan fingerprint density at radius 1 is 1.09 bits per heavy atom. The molecule has 0 atom stereocenters. The van der Waals surface area contributed by atoms with Crippen molar-refractivity contribution in [1.82, 2.24) is 10.2 Å². The number of nitrogens with one attached hydrogen (secondary N) is 1. The molecule has 1 amide bonds. The van der Waals surface area contributed by atoms with E-state index in [1.54, 1.807) is 13.8 Å². The van der Waals surface area contributed by atoms with E-state index >= 15 is 0 Å². The normalized spacial score (nSPS) is 15.3. The molecule has 1 aliphatic rings.